The standard InChI is InChI=1S/C9H10F3NO/c1-6(2)7-3-4-13-5-8(7)14-9(10,11)12/h3-6H,1-2H3. The number of aromatic nitrogens is 1. The summed E-state index contributed by atoms with van der Waals surface area (Å²) >= 11 is 0. The number of alkyl halides is 3. The molecule has 0 atom stereocenters. The second-order valence-corrected chi connectivity index (χ2v) is 3.12. The van der Waals surface area contributed by atoms with E-state index >= 15 is 0 Å². The molecule has 0 spiro atoms. The summed E-state index contributed by atoms with van der Waals surface area (Å²) in [4.78, 5) is 3.59. The van der Waals surface area contributed by atoms with Crippen molar-refractivity contribution < 1.29 is 17.9 Å². The van der Waals surface area contributed by atoms with E-state index in [1.807, 2.05) is 0 Å². The van der Waals surface area contributed by atoms with Gasteiger partial charge in [0.2, 0.25) is 0 Å². The number of rotatable bonds is 2. The highest BCUT2D eigenvalue weighted by molar-refractivity contribution is 5.32. The van der Waals surface area contributed by atoms with Gasteiger partial charge in [0.1, 0.15) is 0 Å². The molecule has 78 valence electrons. The van der Waals surface area contributed by atoms with Crippen LogP contribution in [0.4, 0.5) is 13.2 Å². The third-order valence-electron chi connectivity index (χ3n) is 1.66. The van der Waals surface area contributed by atoms with Gasteiger partial charge in [0.15, 0.2) is 5.75 Å². The van der Waals surface area contributed by atoms with Crippen LogP contribution in [0.5, 0.6) is 5.75 Å². The van der Waals surface area contributed by atoms with Crippen LogP contribution in [-0.2, 0) is 0 Å². The normalized spacial score (nSPS) is 11.9. The van der Waals surface area contributed by atoms with E-state index in [9.17, 15) is 13.2 Å². The highest BCUT2D eigenvalue weighted by atomic mass is 19.4. The second-order valence-electron chi connectivity index (χ2n) is 3.12. The van der Waals surface area contributed by atoms with Crippen LogP contribution < -0.4 is 4.74 Å². The summed E-state index contributed by atoms with van der Waals surface area (Å²) in [6, 6.07) is 1.52. The zero-order valence-electron chi connectivity index (χ0n) is 7.80. The van der Waals surface area contributed by atoms with E-state index < -0.39 is 6.36 Å². The molecule has 5 heteroatoms. The van der Waals surface area contributed by atoms with Crippen molar-refractivity contribution in [2.24, 2.45) is 0 Å². The third-order valence-corrected chi connectivity index (χ3v) is 1.66. The highest BCUT2D eigenvalue weighted by Gasteiger charge is 2.32. The summed E-state index contributed by atoms with van der Waals surface area (Å²) in [5.41, 5.74) is 0.498. The lowest BCUT2D eigenvalue weighted by Gasteiger charge is -2.14. The van der Waals surface area contributed by atoms with Crippen LogP contribution in [-0.4, -0.2) is 11.3 Å². The van der Waals surface area contributed by atoms with Crippen molar-refractivity contribution in [2.75, 3.05) is 0 Å². The molecule has 0 radical (unpaired) electrons. The van der Waals surface area contributed by atoms with Crippen LogP contribution in [0.15, 0.2) is 18.5 Å². The van der Waals surface area contributed by atoms with Crippen LogP contribution in [0.1, 0.15) is 25.3 Å². The zero-order chi connectivity index (χ0) is 10.8. The van der Waals surface area contributed by atoms with E-state index in [1.54, 1.807) is 13.8 Å². The average Bonchev–Trinajstić information content (AvgIpc) is 2.01. The van der Waals surface area contributed by atoms with E-state index in [2.05, 4.69) is 9.72 Å². The molecule has 0 saturated carbocycles. The first-order valence-corrected chi connectivity index (χ1v) is 4.10. The van der Waals surface area contributed by atoms with Crippen molar-refractivity contribution in [1.29, 1.82) is 0 Å². The number of hydrogen-bond acceptors (Lipinski definition) is 2. The summed E-state index contributed by atoms with van der Waals surface area (Å²) in [6.07, 6.45) is -2.14. The number of pyridine rings is 1. The fraction of sp³-hybridized carbons (Fsp3) is 0.444. The SMILES string of the molecule is CC(C)c1ccncc1OC(F)(F)F. The number of ether oxygens (including phenoxy) is 1. The van der Waals surface area contributed by atoms with E-state index in [-0.39, 0.29) is 11.7 Å². The monoisotopic (exact) mass is 205 g/mol. The van der Waals surface area contributed by atoms with Crippen LogP contribution >= 0.6 is 0 Å². The molecular weight excluding hydrogens is 195 g/mol. The van der Waals surface area contributed by atoms with Gasteiger partial charge in [-0.1, -0.05) is 13.8 Å². The van der Waals surface area contributed by atoms with Gasteiger partial charge >= 0.3 is 6.36 Å². The first-order valence-electron chi connectivity index (χ1n) is 4.10. The van der Waals surface area contributed by atoms with E-state index in [0.717, 1.165) is 6.20 Å². The predicted molar refractivity (Wildman–Crippen MR) is 45.0 cm³/mol. The van der Waals surface area contributed by atoms with Gasteiger partial charge in [-0.25, -0.2) is 0 Å². The van der Waals surface area contributed by atoms with Gasteiger partial charge in [-0.15, -0.1) is 13.2 Å². The lowest BCUT2D eigenvalue weighted by Crippen LogP contribution is -2.18. The maximum atomic E-state index is 11.9. The van der Waals surface area contributed by atoms with Crippen molar-refractivity contribution in [3.05, 3.63) is 24.0 Å². The van der Waals surface area contributed by atoms with E-state index in [0.29, 0.717) is 5.56 Å². The van der Waals surface area contributed by atoms with Gasteiger partial charge in [0, 0.05) is 11.8 Å². The van der Waals surface area contributed by atoms with Crippen LogP contribution in [0.2, 0.25) is 0 Å². The van der Waals surface area contributed by atoms with Crippen molar-refractivity contribution in [2.45, 2.75) is 26.1 Å². The Morgan fingerprint density at radius 3 is 2.50 bits per heavy atom. The predicted octanol–water partition coefficient (Wildman–Crippen LogP) is 3.10. The number of hydrogen-bond donors (Lipinski definition) is 0. The minimum absolute atomic E-state index is 0.0321. The quantitative estimate of drug-likeness (QED) is 0.740. The maximum Gasteiger partial charge on any atom is 0.573 e. The topological polar surface area (TPSA) is 22.1 Å². The van der Waals surface area contributed by atoms with Crippen molar-refractivity contribution in [3.63, 3.8) is 0 Å². The molecule has 1 rings (SSSR count). The van der Waals surface area contributed by atoms with Crippen LogP contribution in [0.25, 0.3) is 0 Å². The second kappa shape index (κ2) is 3.86. The van der Waals surface area contributed by atoms with E-state index in [4.69, 9.17) is 0 Å². The Kier molecular flexibility index (Phi) is 2.98. The minimum Gasteiger partial charge on any atom is -0.404 e. The lowest BCUT2D eigenvalue weighted by atomic mass is 10.0. The molecular formula is C9H10F3NO. The molecule has 0 aliphatic heterocycles. The van der Waals surface area contributed by atoms with Crippen molar-refractivity contribution >= 4 is 0 Å². The van der Waals surface area contributed by atoms with Gasteiger partial charge < -0.3 is 4.74 Å². The summed E-state index contributed by atoms with van der Waals surface area (Å²) in [7, 11) is 0. The van der Waals surface area contributed by atoms with Gasteiger partial charge in [0.25, 0.3) is 0 Å². The Bertz CT molecular complexity index is 309. The Labute approximate surface area is 79.7 Å². The summed E-state index contributed by atoms with van der Waals surface area (Å²) in [5, 5.41) is 0. The molecule has 0 unspecified atom stereocenters. The molecule has 0 fully saturated rings. The fourth-order valence-corrected chi connectivity index (χ4v) is 1.08. The van der Waals surface area contributed by atoms with Gasteiger partial charge in [-0.2, -0.15) is 0 Å². The fourth-order valence-electron chi connectivity index (χ4n) is 1.08. The van der Waals surface area contributed by atoms with Crippen LogP contribution in [0, 0.1) is 0 Å². The van der Waals surface area contributed by atoms with E-state index in [1.165, 1.54) is 12.3 Å². The van der Waals surface area contributed by atoms with Crippen molar-refractivity contribution in [1.82, 2.24) is 4.98 Å². The Morgan fingerprint density at radius 2 is 2.00 bits per heavy atom. The third kappa shape index (κ3) is 2.90. The first kappa shape index (κ1) is 10.8. The molecule has 1 aromatic heterocycles. The van der Waals surface area contributed by atoms with Gasteiger partial charge in [-0.05, 0) is 12.0 Å². The molecule has 1 aromatic rings. The number of nitrogens with zero attached hydrogens (tertiary/aromatic N) is 1. The van der Waals surface area contributed by atoms with Crippen molar-refractivity contribution in [3.8, 4) is 5.75 Å². The average molecular weight is 205 g/mol. The smallest absolute Gasteiger partial charge is 0.404 e. The molecule has 0 N–H and O–H groups in total. The maximum absolute atomic E-state index is 11.9. The molecule has 14 heavy (non-hydrogen) atoms. The molecule has 0 bridgehead atoms. The van der Waals surface area contributed by atoms with Gasteiger partial charge in [-0.3, -0.25) is 4.98 Å². The Morgan fingerprint density at radius 1 is 1.36 bits per heavy atom. The molecule has 0 aliphatic carbocycles. The molecule has 1 heterocycles. The lowest BCUT2D eigenvalue weighted by molar-refractivity contribution is -0.275. The minimum atomic E-state index is -4.66. The molecule has 0 amide bonds. The largest absolute Gasteiger partial charge is 0.573 e. The number of halogens is 3. The molecule has 0 saturated heterocycles. The summed E-state index contributed by atoms with van der Waals surface area (Å²) < 4.78 is 39.6. The first-order chi connectivity index (χ1) is 6.40. The highest BCUT2D eigenvalue weighted by Crippen LogP contribution is 2.29. The molecule has 0 aliphatic rings. The zero-order valence-corrected chi connectivity index (χ0v) is 7.80. The van der Waals surface area contributed by atoms with Gasteiger partial charge in [0.05, 0.1) is 6.20 Å². The Hall–Kier alpha value is -1.26. The summed E-state index contributed by atoms with van der Waals surface area (Å²) in [5.74, 6) is -0.259. The summed E-state index contributed by atoms with van der Waals surface area (Å²) in [6.45, 7) is 3.58. The molecule has 2 nitrogen and oxygen atoms in total. The molecule has 0 aromatic carbocycles. The van der Waals surface area contributed by atoms with Crippen LogP contribution in [0.3, 0.4) is 0 Å². The Balaban J connectivity index is 2.96.